The predicted molar refractivity (Wildman–Crippen MR) is 54.6 cm³/mol. The molecule has 0 fully saturated rings. The normalized spacial score (nSPS) is 11.6. The monoisotopic (exact) mass is 259 g/mol. The fraction of sp³-hybridized carbons (Fsp3) is 0. The summed E-state index contributed by atoms with van der Waals surface area (Å²) in [4.78, 5) is 39.4. The summed E-state index contributed by atoms with van der Waals surface area (Å²) in [5, 5.41) is 0. The van der Waals surface area contributed by atoms with Crippen LogP contribution in [0.1, 0.15) is 0 Å². The molecule has 2 aromatic heterocycles. The number of aromatic nitrogens is 4. The van der Waals surface area contributed by atoms with Gasteiger partial charge in [0, 0.05) is 12.4 Å². The third-order valence-electron chi connectivity index (χ3n) is 1.69. The van der Waals surface area contributed by atoms with Crippen LogP contribution in [0.25, 0.3) is 11.2 Å². The van der Waals surface area contributed by atoms with Crippen molar-refractivity contribution in [2.75, 3.05) is 5.73 Å². The highest BCUT2D eigenvalue weighted by Gasteiger charge is 2.21. The first-order valence-electron chi connectivity index (χ1n) is 4.13. The molecule has 11 heteroatoms. The van der Waals surface area contributed by atoms with Gasteiger partial charge in [-0.3, -0.25) is 14.6 Å². The van der Waals surface area contributed by atoms with Gasteiger partial charge in [0.25, 0.3) is 0 Å². The molecule has 2 heterocycles. The molecule has 0 unspecified atom stereocenters. The zero-order valence-electron chi connectivity index (χ0n) is 8.09. The number of nitrogens with zero attached hydrogens (tertiary/aromatic N) is 4. The predicted octanol–water partition coefficient (Wildman–Crippen LogP) is -1.71. The Morgan fingerprint density at radius 2 is 2.00 bits per heavy atom. The molecule has 0 aliphatic heterocycles. The summed E-state index contributed by atoms with van der Waals surface area (Å²) < 4.78 is 15.4. The van der Waals surface area contributed by atoms with Gasteiger partial charge < -0.3 is 10.4 Å². The van der Waals surface area contributed by atoms with Crippen LogP contribution >= 0.6 is 7.82 Å². The smallest absolute Gasteiger partial charge is 0.367 e. The summed E-state index contributed by atoms with van der Waals surface area (Å²) in [6.45, 7) is 0. The first-order chi connectivity index (χ1) is 7.88. The van der Waals surface area contributed by atoms with Crippen LogP contribution in [0.3, 0.4) is 0 Å². The van der Waals surface area contributed by atoms with Gasteiger partial charge in [-0.2, -0.15) is 4.98 Å². The zero-order chi connectivity index (χ0) is 12.6. The van der Waals surface area contributed by atoms with Crippen molar-refractivity contribution in [1.82, 2.24) is 19.7 Å². The molecule has 2 aromatic rings. The summed E-state index contributed by atoms with van der Waals surface area (Å²) in [5.74, 6) is -0.536. The van der Waals surface area contributed by atoms with Crippen molar-refractivity contribution in [2.24, 2.45) is 0 Å². The molecule has 0 amide bonds. The van der Waals surface area contributed by atoms with Crippen LogP contribution in [0.4, 0.5) is 5.95 Å². The van der Waals surface area contributed by atoms with E-state index >= 15 is 0 Å². The van der Waals surface area contributed by atoms with Crippen LogP contribution in [0.2, 0.25) is 0 Å². The second kappa shape index (κ2) is 3.77. The summed E-state index contributed by atoms with van der Waals surface area (Å²) in [5.41, 5.74) is 4.10. The Balaban J connectivity index is 2.78. The van der Waals surface area contributed by atoms with Crippen molar-refractivity contribution in [3.8, 4) is 0 Å². The number of fused-ring (bicyclic) bond motifs is 1. The van der Waals surface area contributed by atoms with Crippen LogP contribution in [-0.2, 0) is 4.57 Å². The van der Waals surface area contributed by atoms with Crippen LogP contribution in [-0.4, -0.2) is 29.5 Å². The molecular weight excluding hydrogens is 253 g/mol. The Kier molecular flexibility index (Phi) is 2.54. The van der Waals surface area contributed by atoms with E-state index in [4.69, 9.17) is 15.5 Å². The minimum Gasteiger partial charge on any atom is -0.367 e. The van der Waals surface area contributed by atoms with Crippen molar-refractivity contribution in [2.45, 2.75) is 0 Å². The molecule has 0 saturated heterocycles. The third kappa shape index (κ3) is 2.23. The van der Waals surface area contributed by atoms with E-state index in [0.717, 1.165) is 0 Å². The lowest BCUT2D eigenvalue weighted by atomic mass is 10.5. The molecule has 0 atom stereocenters. The van der Waals surface area contributed by atoms with Crippen molar-refractivity contribution >= 4 is 24.9 Å². The molecule has 0 aliphatic rings. The molecule has 4 N–H and O–H groups in total. The fourth-order valence-corrected chi connectivity index (χ4v) is 1.50. The topological polar surface area (TPSA) is 153 Å². The number of rotatable bonds is 2. The third-order valence-corrected chi connectivity index (χ3v) is 2.06. The quantitative estimate of drug-likeness (QED) is 0.534. The number of anilines is 1. The van der Waals surface area contributed by atoms with Crippen molar-refractivity contribution in [1.29, 1.82) is 0 Å². The average Bonchev–Trinajstić information content (AvgIpc) is 2.23. The van der Waals surface area contributed by atoms with Gasteiger partial charge in [0.05, 0.1) is 0 Å². The lowest BCUT2D eigenvalue weighted by Gasteiger charge is -2.11. The number of hydrogen-bond donors (Lipinski definition) is 3. The second-order valence-corrected chi connectivity index (χ2v) is 4.01. The summed E-state index contributed by atoms with van der Waals surface area (Å²) in [6.07, 6.45) is 2.43. The standard InChI is InChI=1S/C6H6N5O5P/c7-6-10-5(12)3-4(9-2-1-8-3)11(6)16-17(13,14)15/h1-2H,(H2,7,10,12)(H2,13,14,15). The van der Waals surface area contributed by atoms with Crippen molar-refractivity contribution in [3.05, 3.63) is 22.7 Å². The molecule has 0 aromatic carbocycles. The van der Waals surface area contributed by atoms with E-state index in [9.17, 15) is 9.36 Å². The number of hydrogen-bond acceptors (Lipinski definition) is 7. The van der Waals surface area contributed by atoms with Gasteiger partial charge in [0.2, 0.25) is 11.6 Å². The van der Waals surface area contributed by atoms with E-state index in [-0.39, 0.29) is 11.2 Å². The van der Waals surface area contributed by atoms with Gasteiger partial charge in [-0.25, -0.2) is 14.5 Å². The van der Waals surface area contributed by atoms with E-state index < -0.39 is 19.3 Å². The molecular formula is C6H6N5O5P. The largest absolute Gasteiger partial charge is 0.544 e. The zero-order valence-corrected chi connectivity index (χ0v) is 8.98. The van der Waals surface area contributed by atoms with E-state index in [1.54, 1.807) is 0 Å². The minimum atomic E-state index is -4.86. The van der Waals surface area contributed by atoms with Crippen LogP contribution < -0.4 is 15.9 Å². The van der Waals surface area contributed by atoms with Crippen LogP contribution in [0.5, 0.6) is 0 Å². The van der Waals surface area contributed by atoms with Crippen molar-refractivity contribution < 1.29 is 19.0 Å². The minimum absolute atomic E-state index is 0.213. The van der Waals surface area contributed by atoms with Crippen LogP contribution in [0, 0.1) is 0 Å². The molecule has 17 heavy (non-hydrogen) atoms. The van der Waals surface area contributed by atoms with E-state index in [2.05, 4.69) is 19.6 Å². The average molecular weight is 259 g/mol. The number of nitrogen functional groups attached to an aromatic ring is 1. The Morgan fingerprint density at radius 1 is 1.35 bits per heavy atom. The Hall–Kier alpha value is -2.03. The highest BCUT2D eigenvalue weighted by Crippen LogP contribution is 2.32. The van der Waals surface area contributed by atoms with Gasteiger partial charge in [0.1, 0.15) is 0 Å². The maximum atomic E-state index is 11.4. The van der Waals surface area contributed by atoms with Gasteiger partial charge in [-0.05, 0) is 0 Å². The summed E-state index contributed by atoms with van der Waals surface area (Å²) in [6, 6.07) is 0. The van der Waals surface area contributed by atoms with Gasteiger partial charge in [-0.1, -0.05) is 0 Å². The first kappa shape index (κ1) is 11.5. The lowest BCUT2D eigenvalue weighted by Crippen LogP contribution is -2.23. The van der Waals surface area contributed by atoms with Gasteiger partial charge in [0.15, 0.2) is 5.52 Å². The molecule has 0 radical (unpaired) electrons. The van der Waals surface area contributed by atoms with E-state index in [0.29, 0.717) is 4.73 Å². The van der Waals surface area contributed by atoms with Crippen LogP contribution in [0.15, 0.2) is 17.2 Å². The molecule has 2 rings (SSSR count). The summed E-state index contributed by atoms with van der Waals surface area (Å²) >= 11 is 0. The first-order valence-corrected chi connectivity index (χ1v) is 5.66. The number of nitrogens with two attached hydrogens (primary N) is 1. The molecule has 0 spiro atoms. The molecule has 0 bridgehead atoms. The Morgan fingerprint density at radius 3 is 2.65 bits per heavy atom. The Bertz CT molecular complexity index is 678. The van der Waals surface area contributed by atoms with E-state index in [1.165, 1.54) is 12.4 Å². The number of phosphoric acid groups is 1. The Labute approximate surface area is 92.9 Å². The van der Waals surface area contributed by atoms with Gasteiger partial charge >= 0.3 is 13.4 Å². The highest BCUT2D eigenvalue weighted by molar-refractivity contribution is 7.46. The van der Waals surface area contributed by atoms with Crippen molar-refractivity contribution in [3.63, 3.8) is 0 Å². The maximum Gasteiger partial charge on any atom is 0.544 e. The van der Waals surface area contributed by atoms with E-state index in [1.807, 2.05) is 0 Å². The summed E-state index contributed by atoms with van der Waals surface area (Å²) in [7, 11) is -4.86. The second-order valence-electron chi connectivity index (χ2n) is 2.87. The molecule has 0 saturated carbocycles. The molecule has 10 nitrogen and oxygen atoms in total. The fourth-order valence-electron chi connectivity index (χ4n) is 1.13. The highest BCUT2D eigenvalue weighted by atomic mass is 31.2. The lowest BCUT2D eigenvalue weighted by molar-refractivity contribution is 0.185. The van der Waals surface area contributed by atoms with Gasteiger partial charge in [-0.15, -0.1) is 4.73 Å². The molecule has 90 valence electrons. The SMILES string of the molecule is Nc1nc(=O)c2nccnc2n1OP(=O)(O)O. The molecule has 0 aliphatic carbocycles. The maximum absolute atomic E-state index is 11.4.